The Morgan fingerprint density at radius 2 is 1.79 bits per heavy atom. The molecule has 3 aromatic rings. The second-order valence-electron chi connectivity index (χ2n) is 7.02. The second kappa shape index (κ2) is 8.61. The van der Waals surface area contributed by atoms with E-state index in [1.54, 1.807) is 6.33 Å². The minimum Gasteiger partial charge on any atom is -0.353 e. The Balaban J connectivity index is 1.40. The average molecular weight is 452 g/mol. The zero-order chi connectivity index (χ0) is 20.2. The predicted molar refractivity (Wildman–Crippen MR) is 119 cm³/mol. The number of hydrogen-bond acceptors (Lipinski definition) is 4. The van der Waals surface area contributed by atoms with Gasteiger partial charge >= 0.3 is 6.03 Å². The second-order valence-corrected chi connectivity index (χ2v) is 7.87. The molecule has 2 amide bonds. The fraction of sp³-hybridized carbons (Fsp3) is 0.227. The van der Waals surface area contributed by atoms with Gasteiger partial charge in [-0.05, 0) is 41.1 Å². The lowest BCUT2D eigenvalue weighted by Crippen LogP contribution is -2.50. The van der Waals surface area contributed by atoms with Crippen molar-refractivity contribution in [1.82, 2.24) is 14.9 Å². The van der Waals surface area contributed by atoms with Gasteiger partial charge in [0.2, 0.25) is 0 Å². The number of nitrogens with one attached hydrogen (secondary N) is 1. The molecule has 0 aliphatic carbocycles. The van der Waals surface area contributed by atoms with Crippen molar-refractivity contribution >= 4 is 33.5 Å². The smallest absolute Gasteiger partial charge is 0.321 e. The van der Waals surface area contributed by atoms with Crippen LogP contribution < -0.4 is 10.2 Å². The molecule has 1 aliphatic rings. The highest BCUT2D eigenvalue weighted by molar-refractivity contribution is 9.10. The fourth-order valence-electron chi connectivity index (χ4n) is 3.38. The third kappa shape index (κ3) is 4.56. The van der Waals surface area contributed by atoms with Crippen molar-refractivity contribution in [2.24, 2.45) is 0 Å². The molecular formula is C22H22BrN5O. The number of benzene rings is 2. The van der Waals surface area contributed by atoms with Crippen LogP contribution in [0.1, 0.15) is 5.56 Å². The summed E-state index contributed by atoms with van der Waals surface area (Å²) in [5.41, 5.74) is 3.97. The summed E-state index contributed by atoms with van der Waals surface area (Å²) in [6.07, 6.45) is 1.61. The van der Waals surface area contributed by atoms with Crippen LogP contribution in [0.15, 0.2) is 65.4 Å². The van der Waals surface area contributed by atoms with Crippen LogP contribution in [0.25, 0.3) is 11.3 Å². The maximum atomic E-state index is 12.6. The monoisotopic (exact) mass is 451 g/mol. The molecule has 0 spiro atoms. The quantitative estimate of drug-likeness (QED) is 0.633. The van der Waals surface area contributed by atoms with Gasteiger partial charge in [-0.15, -0.1) is 0 Å². The van der Waals surface area contributed by atoms with Gasteiger partial charge < -0.3 is 15.1 Å². The van der Waals surface area contributed by atoms with Crippen molar-refractivity contribution in [3.05, 3.63) is 71.0 Å². The minimum absolute atomic E-state index is 0.0836. The summed E-state index contributed by atoms with van der Waals surface area (Å²) >= 11 is 3.46. The summed E-state index contributed by atoms with van der Waals surface area (Å²) in [6.45, 7) is 4.81. The van der Waals surface area contributed by atoms with E-state index in [4.69, 9.17) is 0 Å². The number of carbonyl (C=O) groups is 1. The average Bonchev–Trinajstić information content (AvgIpc) is 2.75. The number of halogens is 1. The highest BCUT2D eigenvalue weighted by atomic mass is 79.9. The van der Waals surface area contributed by atoms with Gasteiger partial charge in [0.25, 0.3) is 0 Å². The molecule has 29 heavy (non-hydrogen) atoms. The number of carbonyl (C=O) groups excluding carboxylic acids is 1. The van der Waals surface area contributed by atoms with Crippen molar-refractivity contribution < 1.29 is 4.79 Å². The van der Waals surface area contributed by atoms with Crippen LogP contribution in [0.5, 0.6) is 0 Å². The topological polar surface area (TPSA) is 61.4 Å². The van der Waals surface area contributed by atoms with Crippen LogP contribution >= 0.6 is 15.9 Å². The van der Waals surface area contributed by atoms with Gasteiger partial charge in [0, 0.05) is 42.3 Å². The number of piperazine rings is 1. The minimum atomic E-state index is -0.0836. The summed E-state index contributed by atoms with van der Waals surface area (Å²) < 4.78 is 0.872. The van der Waals surface area contributed by atoms with Gasteiger partial charge in [-0.1, -0.05) is 35.9 Å². The molecule has 148 valence electrons. The Kier molecular flexibility index (Phi) is 5.76. The van der Waals surface area contributed by atoms with Crippen LogP contribution in [0.3, 0.4) is 0 Å². The van der Waals surface area contributed by atoms with Crippen LogP contribution in [0.4, 0.5) is 16.3 Å². The van der Waals surface area contributed by atoms with E-state index in [0.717, 1.165) is 40.3 Å². The van der Waals surface area contributed by atoms with Crippen LogP contribution in [-0.4, -0.2) is 47.1 Å². The Morgan fingerprint density at radius 3 is 2.55 bits per heavy atom. The summed E-state index contributed by atoms with van der Waals surface area (Å²) in [6, 6.07) is 17.8. The lowest BCUT2D eigenvalue weighted by Gasteiger charge is -2.35. The number of amides is 2. The maximum absolute atomic E-state index is 12.6. The molecule has 2 heterocycles. The summed E-state index contributed by atoms with van der Waals surface area (Å²) in [4.78, 5) is 25.5. The lowest BCUT2D eigenvalue weighted by molar-refractivity contribution is 0.208. The highest BCUT2D eigenvalue weighted by Gasteiger charge is 2.22. The van der Waals surface area contributed by atoms with E-state index in [1.165, 1.54) is 5.56 Å². The van der Waals surface area contributed by atoms with Gasteiger partial charge in [0.1, 0.15) is 12.1 Å². The van der Waals surface area contributed by atoms with E-state index >= 15 is 0 Å². The van der Waals surface area contributed by atoms with Gasteiger partial charge in [-0.3, -0.25) is 0 Å². The molecule has 1 fully saturated rings. The Morgan fingerprint density at radius 1 is 1.00 bits per heavy atom. The van der Waals surface area contributed by atoms with Gasteiger partial charge in [-0.25, -0.2) is 14.8 Å². The zero-order valence-corrected chi connectivity index (χ0v) is 17.8. The molecule has 1 saturated heterocycles. The highest BCUT2D eigenvalue weighted by Crippen LogP contribution is 2.24. The number of anilines is 2. The van der Waals surface area contributed by atoms with E-state index < -0.39 is 0 Å². The first kappa shape index (κ1) is 19.4. The van der Waals surface area contributed by atoms with Crippen molar-refractivity contribution in [3.63, 3.8) is 0 Å². The molecule has 1 N–H and O–H groups in total. The first-order valence-corrected chi connectivity index (χ1v) is 10.3. The van der Waals surface area contributed by atoms with E-state index in [2.05, 4.69) is 61.2 Å². The molecule has 0 atom stereocenters. The summed E-state index contributed by atoms with van der Waals surface area (Å²) in [7, 11) is 0. The third-order valence-electron chi connectivity index (χ3n) is 4.97. The number of aromatic nitrogens is 2. The van der Waals surface area contributed by atoms with E-state index in [0.29, 0.717) is 13.1 Å². The maximum Gasteiger partial charge on any atom is 0.321 e. The number of urea groups is 1. The molecule has 1 aromatic heterocycles. The number of rotatable bonds is 3. The van der Waals surface area contributed by atoms with E-state index in [1.807, 2.05) is 41.3 Å². The van der Waals surface area contributed by atoms with Crippen molar-refractivity contribution in [2.75, 3.05) is 36.4 Å². The first-order chi connectivity index (χ1) is 14.1. The molecule has 0 saturated carbocycles. The normalized spacial score (nSPS) is 14.0. The SMILES string of the molecule is Cc1cccc(-c2cc(N3CCN(C(=O)Nc4ccccc4Br)CC3)ncn2)c1. The summed E-state index contributed by atoms with van der Waals surface area (Å²) in [5.74, 6) is 0.891. The van der Waals surface area contributed by atoms with E-state index in [-0.39, 0.29) is 6.03 Å². The first-order valence-electron chi connectivity index (χ1n) is 9.54. The van der Waals surface area contributed by atoms with Gasteiger partial charge in [0.15, 0.2) is 0 Å². The van der Waals surface area contributed by atoms with Crippen LogP contribution in [0, 0.1) is 6.92 Å². The third-order valence-corrected chi connectivity index (χ3v) is 5.66. The molecule has 1 aliphatic heterocycles. The largest absolute Gasteiger partial charge is 0.353 e. The number of nitrogens with zero attached hydrogens (tertiary/aromatic N) is 4. The lowest BCUT2D eigenvalue weighted by atomic mass is 10.1. The summed E-state index contributed by atoms with van der Waals surface area (Å²) in [5, 5.41) is 2.97. The molecule has 0 radical (unpaired) electrons. The molecular weight excluding hydrogens is 430 g/mol. The number of aryl methyl sites for hydroxylation is 1. The van der Waals surface area contributed by atoms with E-state index in [9.17, 15) is 4.79 Å². The Hall–Kier alpha value is -2.93. The predicted octanol–water partition coefficient (Wildman–Crippen LogP) is 4.57. The van der Waals surface area contributed by atoms with Gasteiger partial charge in [0.05, 0.1) is 11.4 Å². The molecule has 7 heteroatoms. The number of para-hydroxylation sites is 1. The van der Waals surface area contributed by atoms with Crippen molar-refractivity contribution in [3.8, 4) is 11.3 Å². The van der Waals surface area contributed by atoms with Crippen LogP contribution in [-0.2, 0) is 0 Å². The van der Waals surface area contributed by atoms with Crippen molar-refractivity contribution in [2.45, 2.75) is 6.92 Å². The van der Waals surface area contributed by atoms with Crippen LogP contribution in [0.2, 0.25) is 0 Å². The molecule has 0 bridgehead atoms. The fourth-order valence-corrected chi connectivity index (χ4v) is 3.76. The molecule has 6 nitrogen and oxygen atoms in total. The molecule has 4 rings (SSSR count). The van der Waals surface area contributed by atoms with Crippen molar-refractivity contribution in [1.29, 1.82) is 0 Å². The van der Waals surface area contributed by atoms with Gasteiger partial charge in [-0.2, -0.15) is 0 Å². The molecule has 2 aromatic carbocycles. The molecule has 0 unspecified atom stereocenters. The number of hydrogen-bond donors (Lipinski definition) is 1. The zero-order valence-electron chi connectivity index (χ0n) is 16.2. The Labute approximate surface area is 178 Å². The Bertz CT molecular complexity index is 1020. The standard InChI is InChI=1S/C22H22BrN5O/c1-16-5-4-6-17(13-16)20-14-21(25-15-24-20)27-9-11-28(12-10-27)22(29)26-19-8-3-2-7-18(19)23/h2-8,13-15H,9-12H2,1H3,(H,26,29).